The van der Waals surface area contributed by atoms with Crippen LogP contribution in [0.5, 0.6) is 0 Å². The van der Waals surface area contributed by atoms with Crippen LogP contribution in [0.25, 0.3) is 0 Å². The molecule has 2 atom stereocenters. The topological polar surface area (TPSA) is 34.1 Å². The molecule has 0 amide bonds. The maximum absolute atomic E-state index is 5.32. The summed E-state index contributed by atoms with van der Waals surface area (Å²) in [7, 11) is 1.75. The van der Waals surface area contributed by atoms with Crippen LogP contribution in [0.15, 0.2) is 24.5 Å². The summed E-state index contributed by atoms with van der Waals surface area (Å²) in [4.78, 5) is 4.17. The van der Waals surface area contributed by atoms with E-state index in [1.54, 1.807) is 13.3 Å². The van der Waals surface area contributed by atoms with Crippen molar-refractivity contribution < 1.29 is 4.74 Å². The number of nitrogens with zero attached hydrogens (tertiary/aromatic N) is 1. The Morgan fingerprint density at radius 1 is 1.50 bits per heavy atom. The Bertz CT molecular complexity index is 277. The zero-order valence-corrected chi connectivity index (χ0v) is 10.4. The first-order chi connectivity index (χ1) is 7.77. The Morgan fingerprint density at radius 3 is 2.88 bits per heavy atom. The molecule has 3 nitrogen and oxygen atoms in total. The molecule has 0 aliphatic heterocycles. The summed E-state index contributed by atoms with van der Waals surface area (Å²) in [6.07, 6.45) is 6.10. The smallest absolute Gasteiger partial charge is 0.0561 e. The predicted octanol–water partition coefficient (Wildman–Crippen LogP) is 2.55. The highest BCUT2D eigenvalue weighted by Gasteiger charge is 2.14. The van der Waals surface area contributed by atoms with Gasteiger partial charge in [0.25, 0.3) is 0 Å². The molecule has 0 bridgehead atoms. The van der Waals surface area contributed by atoms with Crippen LogP contribution in [0, 0.1) is 0 Å². The summed E-state index contributed by atoms with van der Waals surface area (Å²) in [5.74, 6) is 0. The number of methoxy groups -OCH3 is 1. The first-order valence-electron chi connectivity index (χ1n) is 5.94. The van der Waals surface area contributed by atoms with Crippen LogP contribution in [0.4, 0.5) is 0 Å². The molecule has 0 spiro atoms. The van der Waals surface area contributed by atoms with Crippen LogP contribution < -0.4 is 5.32 Å². The molecular formula is C13H22N2O. The van der Waals surface area contributed by atoms with Crippen LogP contribution in [0.3, 0.4) is 0 Å². The molecule has 0 fully saturated rings. The third-order valence-electron chi connectivity index (χ3n) is 2.70. The Labute approximate surface area is 98.2 Å². The van der Waals surface area contributed by atoms with Crippen LogP contribution in [-0.4, -0.2) is 24.7 Å². The molecular weight excluding hydrogens is 200 g/mol. The first kappa shape index (κ1) is 13.1. The second-order valence-corrected chi connectivity index (χ2v) is 4.08. The van der Waals surface area contributed by atoms with E-state index in [0.717, 1.165) is 19.4 Å². The third kappa shape index (κ3) is 4.29. The summed E-state index contributed by atoms with van der Waals surface area (Å²) in [6.45, 7) is 5.29. The van der Waals surface area contributed by atoms with Crippen LogP contribution >= 0.6 is 0 Å². The van der Waals surface area contributed by atoms with Crippen LogP contribution in [-0.2, 0) is 4.74 Å². The van der Waals surface area contributed by atoms with Gasteiger partial charge in [0.1, 0.15) is 0 Å². The minimum Gasteiger partial charge on any atom is -0.382 e. The lowest BCUT2D eigenvalue weighted by Gasteiger charge is -2.21. The highest BCUT2D eigenvalue weighted by atomic mass is 16.5. The average molecular weight is 222 g/mol. The first-order valence-corrected chi connectivity index (χ1v) is 5.94. The molecule has 0 aliphatic rings. The molecule has 1 aromatic heterocycles. The van der Waals surface area contributed by atoms with Gasteiger partial charge in [0.2, 0.25) is 0 Å². The number of pyridine rings is 1. The van der Waals surface area contributed by atoms with Crippen LogP contribution in [0.1, 0.15) is 38.3 Å². The SMILES string of the molecule is CCCNC(CC(C)OC)c1cccnc1. The minimum atomic E-state index is 0.259. The predicted molar refractivity (Wildman–Crippen MR) is 66.4 cm³/mol. The molecule has 1 aromatic rings. The maximum Gasteiger partial charge on any atom is 0.0561 e. The minimum absolute atomic E-state index is 0.259. The average Bonchev–Trinajstić information content (AvgIpc) is 2.35. The van der Waals surface area contributed by atoms with Gasteiger partial charge >= 0.3 is 0 Å². The fraction of sp³-hybridized carbons (Fsp3) is 0.615. The van der Waals surface area contributed by atoms with Crippen molar-refractivity contribution in [2.45, 2.75) is 38.8 Å². The Balaban J connectivity index is 2.63. The van der Waals surface area contributed by atoms with Crippen LogP contribution in [0.2, 0.25) is 0 Å². The zero-order chi connectivity index (χ0) is 11.8. The standard InChI is InChI=1S/C13H22N2O/c1-4-7-15-13(9-11(2)16-3)12-6-5-8-14-10-12/h5-6,8,10-11,13,15H,4,7,9H2,1-3H3. The monoisotopic (exact) mass is 222 g/mol. The number of aromatic nitrogens is 1. The van der Waals surface area contributed by atoms with Gasteiger partial charge < -0.3 is 10.1 Å². The van der Waals surface area contributed by atoms with Gasteiger partial charge in [-0.3, -0.25) is 4.98 Å². The van der Waals surface area contributed by atoms with Gasteiger partial charge in [-0.25, -0.2) is 0 Å². The zero-order valence-electron chi connectivity index (χ0n) is 10.4. The van der Waals surface area contributed by atoms with Gasteiger partial charge in [0.15, 0.2) is 0 Å². The summed E-state index contributed by atoms with van der Waals surface area (Å²) in [5, 5.41) is 3.53. The number of rotatable bonds is 7. The highest BCUT2D eigenvalue weighted by molar-refractivity contribution is 5.13. The molecule has 0 saturated carbocycles. The summed E-state index contributed by atoms with van der Waals surface area (Å²) in [5.41, 5.74) is 1.24. The van der Waals surface area contributed by atoms with Gasteiger partial charge in [0, 0.05) is 25.5 Å². The van der Waals surface area contributed by atoms with E-state index >= 15 is 0 Å². The van der Waals surface area contributed by atoms with Crippen molar-refractivity contribution in [1.29, 1.82) is 0 Å². The van der Waals surface area contributed by atoms with Gasteiger partial charge in [0.05, 0.1) is 6.10 Å². The third-order valence-corrected chi connectivity index (χ3v) is 2.70. The molecule has 2 unspecified atom stereocenters. The van der Waals surface area contributed by atoms with E-state index in [9.17, 15) is 0 Å². The lowest BCUT2D eigenvalue weighted by molar-refractivity contribution is 0.100. The van der Waals surface area contributed by atoms with Gasteiger partial charge in [-0.2, -0.15) is 0 Å². The normalized spacial score (nSPS) is 14.7. The fourth-order valence-corrected chi connectivity index (χ4v) is 1.67. The van der Waals surface area contributed by atoms with E-state index in [2.05, 4.69) is 30.2 Å². The Hall–Kier alpha value is -0.930. The number of hydrogen-bond donors (Lipinski definition) is 1. The van der Waals surface area contributed by atoms with E-state index in [-0.39, 0.29) is 6.10 Å². The second-order valence-electron chi connectivity index (χ2n) is 4.08. The van der Waals surface area contributed by atoms with Crippen molar-refractivity contribution in [2.75, 3.05) is 13.7 Å². The van der Waals surface area contributed by atoms with E-state index in [1.165, 1.54) is 5.56 Å². The largest absolute Gasteiger partial charge is 0.382 e. The van der Waals surface area contributed by atoms with Crippen molar-refractivity contribution in [2.24, 2.45) is 0 Å². The van der Waals surface area contributed by atoms with E-state index in [1.807, 2.05) is 12.3 Å². The molecule has 3 heteroatoms. The van der Waals surface area contributed by atoms with E-state index in [4.69, 9.17) is 4.74 Å². The molecule has 1 heterocycles. The maximum atomic E-state index is 5.32. The second kappa shape index (κ2) is 7.36. The fourth-order valence-electron chi connectivity index (χ4n) is 1.67. The summed E-state index contributed by atoms with van der Waals surface area (Å²) in [6, 6.07) is 4.43. The lowest BCUT2D eigenvalue weighted by Crippen LogP contribution is -2.26. The summed E-state index contributed by atoms with van der Waals surface area (Å²) >= 11 is 0. The highest BCUT2D eigenvalue weighted by Crippen LogP contribution is 2.18. The van der Waals surface area contributed by atoms with Crippen molar-refractivity contribution in [3.8, 4) is 0 Å². The van der Waals surface area contributed by atoms with Gasteiger partial charge in [-0.15, -0.1) is 0 Å². The Morgan fingerprint density at radius 2 is 2.31 bits per heavy atom. The van der Waals surface area contributed by atoms with Crippen molar-refractivity contribution in [1.82, 2.24) is 10.3 Å². The van der Waals surface area contributed by atoms with Crippen molar-refractivity contribution >= 4 is 0 Å². The molecule has 0 radical (unpaired) electrons. The number of nitrogens with one attached hydrogen (secondary N) is 1. The van der Waals surface area contributed by atoms with E-state index < -0.39 is 0 Å². The van der Waals surface area contributed by atoms with Crippen molar-refractivity contribution in [3.05, 3.63) is 30.1 Å². The number of ether oxygens (including phenoxy) is 1. The molecule has 0 aromatic carbocycles. The van der Waals surface area contributed by atoms with Crippen molar-refractivity contribution in [3.63, 3.8) is 0 Å². The molecule has 16 heavy (non-hydrogen) atoms. The number of hydrogen-bond acceptors (Lipinski definition) is 3. The van der Waals surface area contributed by atoms with E-state index in [0.29, 0.717) is 6.04 Å². The summed E-state index contributed by atoms with van der Waals surface area (Å²) < 4.78 is 5.32. The lowest BCUT2D eigenvalue weighted by atomic mass is 10.0. The molecule has 90 valence electrons. The van der Waals surface area contributed by atoms with Gasteiger partial charge in [-0.1, -0.05) is 13.0 Å². The molecule has 0 saturated heterocycles. The molecule has 0 aliphatic carbocycles. The Kier molecular flexibility index (Phi) is 6.04. The quantitative estimate of drug-likeness (QED) is 0.770. The van der Waals surface area contributed by atoms with Gasteiger partial charge in [-0.05, 0) is 37.9 Å². The molecule has 1 N–H and O–H groups in total. The molecule has 1 rings (SSSR count).